The molecule has 0 aliphatic carbocycles. The van der Waals surface area contributed by atoms with Crippen LogP contribution >= 0.6 is 0 Å². The Kier molecular flexibility index (Phi) is 5.46. The van der Waals surface area contributed by atoms with E-state index >= 15 is 0 Å². The number of hydrazine groups is 1. The fourth-order valence-electron chi connectivity index (χ4n) is 1.87. The zero-order valence-corrected chi connectivity index (χ0v) is 12.6. The molecular weight excluding hydrogens is 296 g/mol. The van der Waals surface area contributed by atoms with Crippen LogP contribution in [0, 0.1) is 0 Å². The largest absolute Gasteiger partial charge is 0.468 e. The topological polar surface area (TPSA) is 75.7 Å². The number of hydrogen-bond donors (Lipinski definition) is 1. The number of hydrogen-bond acceptors (Lipinski definition) is 4. The van der Waals surface area contributed by atoms with Gasteiger partial charge in [-0.15, -0.1) is 0 Å². The van der Waals surface area contributed by atoms with Crippen molar-refractivity contribution in [2.24, 2.45) is 0 Å². The summed E-state index contributed by atoms with van der Waals surface area (Å²) >= 11 is 0. The van der Waals surface area contributed by atoms with Crippen LogP contribution in [0.2, 0.25) is 0 Å². The number of amides is 2. The quantitative estimate of drug-likeness (QED) is 0.688. The molecule has 0 saturated heterocycles. The molecule has 6 heteroatoms. The summed E-state index contributed by atoms with van der Waals surface area (Å²) in [6.07, 6.45) is 0. The van der Waals surface area contributed by atoms with Gasteiger partial charge in [-0.05, 0) is 24.3 Å². The molecule has 2 aromatic carbocycles. The van der Waals surface area contributed by atoms with Gasteiger partial charge in [0.05, 0.1) is 7.11 Å². The SMILES string of the molecule is COC(=O)CN(NC(=O)c1ccccc1)C(=O)c1ccccc1. The van der Waals surface area contributed by atoms with E-state index in [2.05, 4.69) is 10.2 Å². The van der Waals surface area contributed by atoms with Crippen molar-refractivity contribution in [3.63, 3.8) is 0 Å². The van der Waals surface area contributed by atoms with Crippen LogP contribution in [0.25, 0.3) is 0 Å². The number of carbonyl (C=O) groups excluding carboxylic acids is 3. The van der Waals surface area contributed by atoms with E-state index in [1.807, 2.05) is 0 Å². The molecule has 0 aliphatic rings. The zero-order valence-electron chi connectivity index (χ0n) is 12.6. The Morgan fingerprint density at radius 2 is 1.43 bits per heavy atom. The third-order valence-electron chi connectivity index (χ3n) is 3.05. The van der Waals surface area contributed by atoms with Crippen LogP contribution in [0.15, 0.2) is 60.7 Å². The lowest BCUT2D eigenvalue weighted by Gasteiger charge is -2.22. The van der Waals surface area contributed by atoms with E-state index in [0.717, 1.165) is 5.01 Å². The van der Waals surface area contributed by atoms with Gasteiger partial charge in [0.15, 0.2) is 0 Å². The lowest BCUT2D eigenvalue weighted by atomic mass is 10.2. The normalized spacial score (nSPS) is 9.78. The summed E-state index contributed by atoms with van der Waals surface area (Å²) in [7, 11) is 1.21. The van der Waals surface area contributed by atoms with Gasteiger partial charge < -0.3 is 4.74 Å². The Labute approximate surface area is 133 Å². The average Bonchev–Trinajstić information content (AvgIpc) is 2.61. The van der Waals surface area contributed by atoms with E-state index in [0.29, 0.717) is 11.1 Å². The minimum absolute atomic E-state index is 0.352. The molecule has 0 heterocycles. The van der Waals surface area contributed by atoms with Gasteiger partial charge in [-0.1, -0.05) is 36.4 Å². The van der Waals surface area contributed by atoms with Crippen molar-refractivity contribution >= 4 is 17.8 Å². The molecule has 2 amide bonds. The first-order valence-electron chi connectivity index (χ1n) is 6.91. The maximum Gasteiger partial charge on any atom is 0.327 e. The predicted molar refractivity (Wildman–Crippen MR) is 83.4 cm³/mol. The van der Waals surface area contributed by atoms with E-state index in [4.69, 9.17) is 0 Å². The van der Waals surface area contributed by atoms with Gasteiger partial charge in [-0.3, -0.25) is 19.8 Å². The van der Waals surface area contributed by atoms with Crippen molar-refractivity contribution < 1.29 is 19.1 Å². The molecule has 0 fully saturated rings. The van der Waals surface area contributed by atoms with Crippen molar-refractivity contribution in [1.82, 2.24) is 10.4 Å². The lowest BCUT2D eigenvalue weighted by molar-refractivity contribution is -0.141. The van der Waals surface area contributed by atoms with Crippen molar-refractivity contribution in [2.45, 2.75) is 0 Å². The first-order valence-corrected chi connectivity index (χ1v) is 6.91. The highest BCUT2D eigenvalue weighted by Gasteiger charge is 2.21. The van der Waals surface area contributed by atoms with Gasteiger partial charge in [-0.2, -0.15) is 0 Å². The van der Waals surface area contributed by atoms with Crippen molar-refractivity contribution in [2.75, 3.05) is 13.7 Å². The van der Waals surface area contributed by atoms with Crippen LogP contribution in [0.5, 0.6) is 0 Å². The number of benzene rings is 2. The van der Waals surface area contributed by atoms with E-state index < -0.39 is 17.8 Å². The highest BCUT2D eigenvalue weighted by molar-refractivity contribution is 6.00. The number of carbonyl (C=O) groups is 3. The minimum Gasteiger partial charge on any atom is -0.468 e. The van der Waals surface area contributed by atoms with Crippen molar-refractivity contribution in [3.05, 3.63) is 71.8 Å². The maximum absolute atomic E-state index is 12.5. The number of methoxy groups -OCH3 is 1. The van der Waals surface area contributed by atoms with Gasteiger partial charge in [0.1, 0.15) is 6.54 Å². The highest BCUT2D eigenvalue weighted by Crippen LogP contribution is 2.05. The minimum atomic E-state index is -0.636. The molecule has 0 unspecified atom stereocenters. The van der Waals surface area contributed by atoms with E-state index in [1.165, 1.54) is 7.11 Å². The standard InChI is InChI=1S/C17H16N2O4/c1-23-15(20)12-19(17(22)14-10-6-3-7-11-14)18-16(21)13-8-4-2-5-9-13/h2-11H,12H2,1H3,(H,18,21). The van der Waals surface area contributed by atoms with Crippen LogP contribution in [0.4, 0.5) is 0 Å². The van der Waals surface area contributed by atoms with E-state index in [1.54, 1.807) is 60.7 Å². The molecule has 1 N–H and O–H groups in total. The Hall–Kier alpha value is -3.15. The summed E-state index contributed by atoms with van der Waals surface area (Å²) < 4.78 is 4.57. The summed E-state index contributed by atoms with van der Waals surface area (Å²) in [4.78, 5) is 36.2. The van der Waals surface area contributed by atoms with Crippen molar-refractivity contribution in [3.8, 4) is 0 Å². The Balaban J connectivity index is 2.19. The van der Waals surface area contributed by atoms with Crippen LogP contribution in [-0.4, -0.2) is 36.4 Å². The van der Waals surface area contributed by atoms with Gasteiger partial charge in [0.2, 0.25) is 0 Å². The van der Waals surface area contributed by atoms with Crippen molar-refractivity contribution in [1.29, 1.82) is 0 Å². The molecule has 0 radical (unpaired) electrons. The number of nitrogens with one attached hydrogen (secondary N) is 1. The third-order valence-corrected chi connectivity index (χ3v) is 3.05. The second-order valence-corrected chi connectivity index (χ2v) is 4.64. The van der Waals surface area contributed by atoms with Crippen LogP contribution in [0.3, 0.4) is 0 Å². The average molecular weight is 312 g/mol. The maximum atomic E-state index is 12.5. The van der Waals surface area contributed by atoms with Gasteiger partial charge >= 0.3 is 5.97 Å². The monoisotopic (exact) mass is 312 g/mol. The Bertz CT molecular complexity index is 686. The Morgan fingerprint density at radius 1 is 0.913 bits per heavy atom. The van der Waals surface area contributed by atoms with Crippen LogP contribution in [-0.2, 0) is 9.53 Å². The highest BCUT2D eigenvalue weighted by atomic mass is 16.5. The predicted octanol–water partition coefficient (Wildman–Crippen LogP) is 1.65. The second-order valence-electron chi connectivity index (χ2n) is 4.64. The molecule has 6 nitrogen and oxygen atoms in total. The molecule has 23 heavy (non-hydrogen) atoms. The number of esters is 1. The molecular formula is C17H16N2O4. The molecule has 0 atom stereocenters. The molecule has 0 spiro atoms. The summed E-state index contributed by atoms with van der Waals surface area (Å²) in [5.41, 5.74) is 3.17. The summed E-state index contributed by atoms with van der Waals surface area (Å²) in [6.45, 7) is -0.386. The van der Waals surface area contributed by atoms with Gasteiger partial charge in [0, 0.05) is 11.1 Å². The molecule has 0 saturated carbocycles. The number of ether oxygens (including phenoxy) is 1. The van der Waals surface area contributed by atoms with Crippen LogP contribution in [0.1, 0.15) is 20.7 Å². The third kappa shape index (κ3) is 4.41. The molecule has 2 aromatic rings. The second kappa shape index (κ2) is 7.74. The summed E-state index contributed by atoms with van der Waals surface area (Å²) in [5.74, 6) is -1.62. The Morgan fingerprint density at radius 3 is 1.96 bits per heavy atom. The first-order chi connectivity index (χ1) is 11.1. The summed E-state index contributed by atoms with van der Waals surface area (Å²) in [6, 6.07) is 16.8. The molecule has 0 aromatic heterocycles. The van der Waals surface area contributed by atoms with E-state index in [9.17, 15) is 14.4 Å². The fourth-order valence-corrected chi connectivity index (χ4v) is 1.87. The number of rotatable bonds is 4. The van der Waals surface area contributed by atoms with Gasteiger partial charge in [0.25, 0.3) is 11.8 Å². The van der Waals surface area contributed by atoms with Crippen LogP contribution < -0.4 is 5.43 Å². The fraction of sp³-hybridized carbons (Fsp3) is 0.118. The first kappa shape index (κ1) is 16.2. The van der Waals surface area contributed by atoms with Gasteiger partial charge in [-0.25, -0.2) is 5.01 Å². The number of nitrogens with zero attached hydrogens (tertiary/aromatic N) is 1. The molecule has 0 aliphatic heterocycles. The smallest absolute Gasteiger partial charge is 0.327 e. The molecule has 0 bridgehead atoms. The van der Waals surface area contributed by atoms with E-state index in [-0.39, 0.29) is 6.54 Å². The zero-order chi connectivity index (χ0) is 16.7. The summed E-state index contributed by atoms with van der Waals surface area (Å²) in [5, 5.41) is 0.941. The molecule has 118 valence electrons. The molecule has 2 rings (SSSR count). The lowest BCUT2D eigenvalue weighted by Crippen LogP contribution is -2.48.